The van der Waals surface area contributed by atoms with Gasteiger partial charge in [0.15, 0.2) is 0 Å². The molecule has 1 aliphatic rings. The lowest BCUT2D eigenvalue weighted by molar-refractivity contribution is -0.137. The minimum Gasteiger partial charge on any atom is -0.494 e. The summed E-state index contributed by atoms with van der Waals surface area (Å²) in [6.07, 6.45) is -0.00275. The molecule has 1 atom stereocenters. The number of hydrogen-bond acceptors (Lipinski definition) is 6. The maximum absolute atomic E-state index is 11.9. The van der Waals surface area contributed by atoms with Crippen LogP contribution in [0.2, 0.25) is 0 Å². The van der Waals surface area contributed by atoms with Crippen LogP contribution in [0.15, 0.2) is 24.3 Å². The topological polar surface area (TPSA) is 74.0 Å². The molecule has 0 bridgehead atoms. The van der Waals surface area contributed by atoms with Gasteiger partial charge in [0.25, 0.3) is 0 Å². The average molecular weight is 294 g/mol. The van der Waals surface area contributed by atoms with Crippen LogP contribution in [0.3, 0.4) is 0 Å². The van der Waals surface area contributed by atoms with Gasteiger partial charge in [0.2, 0.25) is 0 Å². The summed E-state index contributed by atoms with van der Waals surface area (Å²) in [5, 5.41) is 0. The number of morpholine rings is 1. The average Bonchev–Trinajstić information content (AvgIpc) is 2.49. The standard InChI is InChI=1S/C15H22N2O4/c1-2-19-12-3-5-13(6-4-12)21-15(18)11-17-7-8-20-14(9-16)10-17/h3-6,14H,2,7-11,16H2,1H3. The Morgan fingerprint density at radius 1 is 1.38 bits per heavy atom. The van der Waals surface area contributed by atoms with Gasteiger partial charge in [-0.05, 0) is 31.2 Å². The number of hydrogen-bond donors (Lipinski definition) is 1. The highest BCUT2D eigenvalue weighted by Gasteiger charge is 2.21. The van der Waals surface area contributed by atoms with Crippen LogP contribution >= 0.6 is 0 Å². The summed E-state index contributed by atoms with van der Waals surface area (Å²) >= 11 is 0. The second kappa shape index (κ2) is 7.97. The highest BCUT2D eigenvalue weighted by atomic mass is 16.5. The number of benzene rings is 1. The third kappa shape index (κ3) is 5.00. The van der Waals surface area contributed by atoms with E-state index in [0.29, 0.717) is 32.1 Å². The van der Waals surface area contributed by atoms with E-state index in [1.54, 1.807) is 24.3 Å². The van der Waals surface area contributed by atoms with Crippen LogP contribution in [0.5, 0.6) is 11.5 Å². The minimum atomic E-state index is -0.281. The fourth-order valence-electron chi connectivity index (χ4n) is 2.18. The quantitative estimate of drug-likeness (QED) is 0.613. The van der Waals surface area contributed by atoms with Crippen molar-refractivity contribution in [3.8, 4) is 11.5 Å². The number of ether oxygens (including phenoxy) is 3. The molecule has 1 unspecified atom stereocenters. The van der Waals surface area contributed by atoms with E-state index in [4.69, 9.17) is 19.9 Å². The first-order valence-electron chi connectivity index (χ1n) is 7.19. The van der Waals surface area contributed by atoms with Crippen molar-refractivity contribution in [3.63, 3.8) is 0 Å². The lowest BCUT2D eigenvalue weighted by Gasteiger charge is -2.31. The molecule has 0 spiro atoms. The zero-order valence-electron chi connectivity index (χ0n) is 12.3. The number of rotatable bonds is 6. The predicted molar refractivity (Wildman–Crippen MR) is 78.5 cm³/mol. The first kappa shape index (κ1) is 15.8. The van der Waals surface area contributed by atoms with E-state index in [0.717, 1.165) is 12.3 Å². The Bertz CT molecular complexity index is 449. The Morgan fingerprint density at radius 2 is 2.10 bits per heavy atom. The van der Waals surface area contributed by atoms with E-state index in [9.17, 15) is 4.79 Å². The van der Waals surface area contributed by atoms with Gasteiger partial charge >= 0.3 is 5.97 Å². The Balaban J connectivity index is 1.81. The fourth-order valence-corrected chi connectivity index (χ4v) is 2.18. The van der Waals surface area contributed by atoms with Crippen molar-refractivity contribution in [2.45, 2.75) is 13.0 Å². The summed E-state index contributed by atoms with van der Waals surface area (Å²) in [5.74, 6) is 1.00. The summed E-state index contributed by atoms with van der Waals surface area (Å²) in [6.45, 7) is 5.21. The van der Waals surface area contributed by atoms with Gasteiger partial charge in [0.1, 0.15) is 11.5 Å². The first-order valence-corrected chi connectivity index (χ1v) is 7.19. The summed E-state index contributed by atoms with van der Waals surface area (Å²) < 4.78 is 16.1. The molecule has 2 rings (SSSR count). The molecule has 0 saturated carbocycles. The normalized spacial score (nSPS) is 19.2. The maximum Gasteiger partial charge on any atom is 0.325 e. The van der Waals surface area contributed by atoms with Gasteiger partial charge in [-0.15, -0.1) is 0 Å². The van der Waals surface area contributed by atoms with Crippen molar-refractivity contribution < 1.29 is 19.0 Å². The molecule has 6 nitrogen and oxygen atoms in total. The van der Waals surface area contributed by atoms with Gasteiger partial charge in [-0.25, -0.2) is 0 Å². The summed E-state index contributed by atoms with van der Waals surface area (Å²) in [5.41, 5.74) is 5.58. The third-order valence-electron chi connectivity index (χ3n) is 3.20. The number of esters is 1. The Hall–Kier alpha value is -1.63. The maximum atomic E-state index is 11.9. The van der Waals surface area contributed by atoms with Crippen LogP contribution in [-0.4, -0.2) is 56.4 Å². The molecule has 1 aliphatic heterocycles. The van der Waals surface area contributed by atoms with Gasteiger partial charge in [0, 0.05) is 19.6 Å². The van der Waals surface area contributed by atoms with E-state index in [-0.39, 0.29) is 18.6 Å². The molecule has 2 N–H and O–H groups in total. The minimum absolute atomic E-state index is 0.00275. The molecule has 21 heavy (non-hydrogen) atoms. The van der Waals surface area contributed by atoms with Gasteiger partial charge in [-0.3, -0.25) is 9.69 Å². The van der Waals surface area contributed by atoms with E-state index in [2.05, 4.69) is 0 Å². The van der Waals surface area contributed by atoms with E-state index in [1.807, 2.05) is 11.8 Å². The van der Waals surface area contributed by atoms with E-state index in [1.165, 1.54) is 0 Å². The highest BCUT2D eigenvalue weighted by Crippen LogP contribution is 2.17. The summed E-state index contributed by atoms with van der Waals surface area (Å²) in [7, 11) is 0. The molecule has 0 aromatic heterocycles. The smallest absolute Gasteiger partial charge is 0.325 e. The van der Waals surface area contributed by atoms with Crippen LogP contribution in [-0.2, 0) is 9.53 Å². The summed E-state index contributed by atoms with van der Waals surface area (Å²) in [6, 6.07) is 7.02. The van der Waals surface area contributed by atoms with Crippen molar-refractivity contribution in [3.05, 3.63) is 24.3 Å². The van der Waals surface area contributed by atoms with Crippen LogP contribution < -0.4 is 15.2 Å². The predicted octanol–water partition coefficient (Wildman–Crippen LogP) is 0.650. The molecule has 1 aromatic carbocycles. The van der Waals surface area contributed by atoms with Crippen molar-refractivity contribution in [1.29, 1.82) is 0 Å². The zero-order valence-corrected chi connectivity index (χ0v) is 12.3. The number of carbonyl (C=O) groups is 1. The van der Waals surface area contributed by atoms with Crippen molar-refractivity contribution in [1.82, 2.24) is 4.90 Å². The highest BCUT2D eigenvalue weighted by molar-refractivity contribution is 5.74. The van der Waals surface area contributed by atoms with Crippen LogP contribution in [0.4, 0.5) is 0 Å². The van der Waals surface area contributed by atoms with Gasteiger partial charge in [-0.1, -0.05) is 0 Å². The molecule has 1 fully saturated rings. The molecule has 6 heteroatoms. The van der Waals surface area contributed by atoms with Crippen molar-refractivity contribution in [2.24, 2.45) is 5.73 Å². The van der Waals surface area contributed by atoms with Gasteiger partial charge in [0.05, 0.1) is 25.9 Å². The summed E-state index contributed by atoms with van der Waals surface area (Å²) in [4.78, 5) is 13.9. The lowest BCUT2D eigenvalue weighted by atomic mass is 10.2. The van der Waals surface area contributed by atoms with Gasteiger partial charge < -0.3 is 19.9 Å². The SMILES string of the molecule is CCOc1ccc(OC(=O)CN2CCOC(CN)C2)cc1. The molecule has 116 valence electrons. The third-order valence-corrected chi connectivity index (χ3v) is 3.20. The molecule has 1 aromatic rings. The molecular formula is C15H22N2O4. The van der Waals surface area contributed by atoms with Gasteiger partial charge in [-0.2, -0.15) is 0 Å². The van der Waals surface area contributed by atoms with Crippen molar-refractivity contribution in [2.75, 3.05) is 39.4 Å². The number of nitrogens with two attached hydrogens (primary N) is 1. The largest absolute Gasteiger partial charge is 0.494 e. The van der Waals surface area contributed by atoms with E-state index >= 15 is 0 Å². The van der Waals surface area contributed by atoms with E-state index < -0.39 is 0 Å². The Kier molecular flexibility index (Phi) is 5.98. The van der Waals surface area contributed by atoms with Crippen molar-refractivity contribution >= 4 is 5.97 Å². The molecular weight excluding hydrogens is 272 g/mol. The number of nitrogens with zero attached hydrogens (tertiary/aromatic N) is 1. The first-order chi connectivity index (χ1) is 10.2. The molecule has 1 heterocycles. The second-order valence-corrected chi connectivity index (χ2v) is 4.84. The Labute approximate surface area is 124 Å². The molecule has 0 radical (unpaired) electrons. The van der Waals surface area contributed by atoms with Crippen LogP contribution in [0.25, 0.3) is 0 Å². The zero-order chi connectivity index (χ0) is 15.1. The number of carbonyl (C=O) groups excluding carboxylic acids is 1. The fraction of sp³-hybridized carbons (Fsp3) is 0.533. The molecule has 1 saturated heterocycles. The molecule has 0 aliphatic carbocycles. The van der Waals surface area contributed by atoms with Crippen LogP contribution in [0.1, 0.15) is 6.92 Å². The van der Waals surface area contributed by atoms with Crippen LogP contribution in [0, 0.1) is 0 Å². The monoisotopic (exact) mass is 294 g/mol. The lowest BCUT2D eigenvalue weighted by Crippen LogP contribution is -2.47. The molecule has 0 amide bonds. The Morgan fingerprint density at radius 3 is 2.76 bits per heavy atom. The second-order valence-electron chi connectivity index (χ2n) is 4.84.